The molecule has 4 atom stereocenters. The zero-order valence-corrected chi connectivity index (χ0v) is 19.8. The summed E-state index contributed by atoms with van der Waals surface area (Å²) in [6, 6.07) is 8.21. The number of nitrogens with zero attached hydrogens (tertiary/aromatic N) is 2. The second-order valence-electron chi connectivity index (χ2n) is 9.51. The number of rotatable bonds is 8. The van der Waals surface area contributed by atoms with Crippen molar-refractivity contribution in [2.24, 2.45) is 0 Å². The largest absolute Gasteiger partial charge is 0.497 e. The lowest BCUT2D eigenvalue weighted by Crippen LogP contribution is -2.55. The van der Waals surface area contributed by atoms with Crippen LogP contribution >= 0.6 is 0 Å². The van der Waals surface area contributed by atoms with Crippen LogP contribution in [0, 0.1) is 0 Å². The summed E-state index contributed by atoms with van der Waals surface area (Å²) in [5.41, 5.74) is 1.17. The first-order valence-corrected chi connectivity index (χ1v) is 12.4. The highest BCUT2D eigenvalue weighted by Gasteiger charge is 2.38. The molecule has 1 amide bonds. The molecule has 0 radical (unpaired) electrons. The maximum Gasteiger partial charge on any atom is 0.222 e. The Hall–Kier alpha value is -1.71. The third-order valence-corrected chi connectivity index (χ3v) is 6.99. The molecule has 8 nitrogen and oxygen atoms in total. The summed E-state index contributed by atoms with van der Waals surface area (Å²) >= 11 is 0. The predicted molar refractivity (Wildman–Crippen MR) is 125 cm³/mol. The minimum Gasteiger partial charge on any atom is -0.497 e. The van der Waals surface area contributed by atoms with Crippen molar-refractivity contribution < 1.29 is 24.1 Å². The topological polar surface area (TPSA) is 83.5 Å². The molecule has 0 aliphatic carbocycles. The van der Waals surface area contributed by atoms with Gasteiger partial charge in [0.1, 0.15) is 5.75 Å². The van der Waals surface area contributed by atoms with Crippen molar-refractivity contribution in [1.29, 1.82) is 0 Å². The Balaban J connectivity index is 1.30. The third kappa shape index (κ3) is 7.13. The molecule has 3 heterocycles. The Labute approximate surface area is 197 Å². The van der Waals surface area contributed by atoms with E-state index in [2.05, 4.69) is 27.2 Å². The molecule has 184 valence electrons. The van der Waals surface area contributed by atoms with Crippen LogP contribution in [-0.4, -0.2) is 98.2 Å². The number of methoxy groups -OCH3 is 1. The summed E-state index contributed by atoms with van der Waals surface area (Å²) < 4.78 is 17.4. The van der Waals surface area contributed by atoms with E-state index in [0.717, 1.165) is 44.8 Å². The van der Waals surface area contributed by atoms with Gasteiger partial charge in [0.25, 0.3) is 0 Å². The van der Waals surface area contributed by atoms with Gasteiger partial charge < -0.3 is 29.5 Å². The smallest absolute Gasteiger partial charge is 0.222 e. The SMILES string of the molecule is COc1ccc(CN2C[C@@H](O)COC[C@H]3O[C@@H](CC(=O)NCCN4CCCC4)CC[C@@H]32)cc1. The molecule has 1 aromatic rings. The number of β-amino-alcohol motifs (C(OH)–C–C–N with tert-alkyl or cyclic N) is 1. The van der Waals surface area contributed by atoms with E-state index in [0.29, 0.717) is 32.7 Å². The van der Waals surface area contributed by atoms with E-state index in [1.165, 1.54) is 18.4 Å². The molecule has 2 N–H and O–H groups in total. The minimum atomic E-state index is -0.525. The van der Waals surface area contributed by atoms with Gasteiger partial charge in [-0.3, -0.25) is 9.69 Å². The van der Waals surface area contributed by atoms with E-state index >= 15 is 0 Å². The number of amides is 1. The lowest BCUT2D eigenvalue weighted by atomic mass is 9.94. The van der Waals surface area contributed by atoms with Crippen molar-refractivity contribution >= 4 is 5.91 Å². The summed E-state index contributed by atoms with van der Waals surface area (Å²) in [5.74, 6) is 0.898. The summed E-state index contributed by atoms with van der Waals surface area (Å²) in [7, 11) is 1.66. The molecule has 33 heavy (non-hydrogen) atoms. The average Bonchev–Trinajstić information content (AvgIpc) is 3.32. The lowest BCUT2D eigenvalue weighted by molar-refractivity contribution is -0.158. The predicted octanol–water partition coefficient (Wildman–Crippen LogP) is 1.41. The first kappa shape index (κ1) is 24.4. The van der Waals surface area contributed by atoms with Crippen LogP contribution in [0.5, 0.6) is 5.75 Å². The van der Waals surface area contributed by atoms with Crippen molar-refractivity contribution in [2.75, 3.05) is 53.0 Å². The number of aliphatic hydroxyl groups excluding tert-OH is 1. The van der Waals surface area contributed by atoms with Gasteiger partial charge in [0.15, 0.2) is 0 Å². The fraction of sp³-hybridized carbons (Fsp3) is 0.720. The fourth-order valence-corrected chi connectivity index (χ4v) is 5.23. The lowest BCUT2D eigenvalue weighted by Gasteiger charge is -2.44. The van der Waals surface area contributed by atoms with Crippen LogP contribution in [0.1, 0.15) is 37.7 Å². The van der Waals surface area contributed by atoms with Gasteiger partial charge in [-0.15, -0.1) is 0 Å². The molecule has 3 saturated heterocycles. The van der Waals surface area contributed by atoms with Crippen LogP contribution < -0.4 is 10.1 Å². The van der Waals surface area contributed by atoms with Gasteiger partial charge in [0, 0.05) is 32.2 Å². The third-order valence-electron chi connectivity index (χ3n) is 6.99. The molecule has 1 aromatic carbocycles. The maximum absolute atomic E-state index is 12.5. The standard InChI is InChI=1S/C25H39N3O5/c1-31-21-6-4-19(5-7-21)15-28-16-20(29)17-32-18-24-23(28)9-8-22(33-24)14-25(30)26-10-13-27-11-2-3-12-27/h4-7,20,22-24,29H,2-3,8-18H2,1H3,(H,26,30)/t20-,22-,23+,24-/m1/s1. The number of hydrogen-bond acceptors (Lipinski definition) is 7. The summed E-state index contributed by atoms with van der Waals surface area (Å²) in [6.07, 6.45) is 3.95. The Bertz CT molecular complexity index is 740. The first-order chi connectivity index (χ1) is 16.1. The number of carbonyl (C=O) groups is 1. The van der Waals surface area contributed by atoms with Crippen molar-refractivity contribution in [1.82, 2.24) is 15.1 Å². The van der Waals surface area contributed by atoms with Gasteiger partial charge in [-0.25, -0.2) is 0 Å². The monoisotopic (exact) mass is 461 g/mol. The fourth-order valence-electron chi connectivity index (χ4n) is 5.23. The van der Waals surface area contributed by atoms with Crippen molar-refractivity contribution in [3.05, 3.63) is 29.8 Å². The highest BCUT2D eigenvalue weighted by atomic mass is 16.5. The summed E-state index contributed by atoms with van der Waals surface area (Å²) in [5, 5.41) is 13.4. The van der Waals surface area contributed by atoms with Gasteiger partial charge in [0.05, 0.1) is 45.1 Å². The molecule has 0 bridgehead atoms. The molecule has 0 spiro atoms. The molecular weight excluding hydrogens is 422 g/mol. The number of fused-ring (bicyclic) bond motifs is 1. The quantitative estimate of drug-likeness (QED) is 0.606. The van der Waals surface area contributed by atoms with Gasteiger partial charge in [-0.05, 0) is 56.5 Å². The van der Waals surface area contributed by atoms with E-state index in [1.54, 1.807) is 7.11 Å². The second-order valence-corrected chi connectivity index (χ2v) is 9.51. The van der Waals surface area contributed by atoms with Crippen molar-refractivity contribution in [2.45, 2.75) is 63.0 Å². The molecular formula is C25H39N3O5. The molecule has 8 heteroatoms. The van der Waals surface area contributed by atoms with Crippen LogP contribution in [0.2, 0.25) is 0 Å². The van der Waals surface area contributed by atoms with Crippen LogP contribution in [-0.2, 0) is 20.8 Å². The molecule has 3 fully saturated rings. The zero-order valence-electron chi connectivity index (χ0n) is 19.8. The number of benzene rings is 1. The van der Waals surface area contributed by atoms with Gasteiger partial charge >= 0.3 is 0 Å². The van der Waals surface area contributed by atoms with Crippen LogP contribution in [0.15, 0.2) is 24.3 Å². The molecule has 3 aliphatic heterocycles. The highest BCUT2D eigenvalue weighted by molar-refractivity contribution is 5.76. The molecule has 3 aliphatic rings. The number of likely N-dealkylation sites (tertiary alicyclic amines) is 1. The van der Waals surface area contributed by atoms with Gasteiger partial charge in [-0.2, -0.15) is 0 Å². The van der Waals surface area contributed by atoms with Crippen LogP contribution in [0.25, 0.3) is 0 Å². The van der Waals surface area contributed by atoms with Crippen LogP contribution in [0.3, 0.4) is 0 Å². The van der Waals surface area contributed by atoms with Gasteiger partial charge in [0.2, 0.25) is 5.91 Å². The summed E-state index contributed by atoms with van der Waals surface area (Å²) in [6.45, 7) is 5.93. The minimum absolute atomic E-state index is 0.0647. The molecule has 4 rings (SSSR count). The van der Waals surface area contributed by atoms with Gasteiger partial charge in [-0.1, -0.05) is 12.1 Å². The van der Waals surface area contributed by atoms with E-state index < -0.39 is 6.10 Å². The Morgan fingerprint density at radius 3 is 2.73 bits per heavy atom. The molecule has 0 saturated carbocycles. The van der Waals surface area contributed by atoms with E-state index in [-0.39, 0.29) is 24.2 Å². The number of aliphatic hydroxyl groups is 1. The normalized spacial score (nSPS) is 29.2. The van der Waals surface area contributed by atoms with Crippen LogP contribution in [0.4, 0.5) is 0 Å². The number of ether oxygens (including phenoxy) is 3. The van der Waals surface area contributed by atoms with Crippen molar-refractivity contribution in [3.63, 3.8) is 0 Å². The number of hydrogen-bond donors (Lipinski definition) is 2. The Kier molecular flexibility index (Phi) is 8.97. The van der Waals surface area contributed by atoms with E-state index in [4.69, 9.17) is 14.2 Å². The zero-order chi connectivity index (χ0) is 23.0. The molecule has 0 unspecified atom stereocenters. The Morgan fingerprint density at radius 1 is 1.18 bits per heavy atom. The second kappa shape index (κ2) is 12.1. The first-order valence-electron chi connectivity index (χ1n) is 12.4. The molecule has 0 aromatic heterocycles. The number of carbonyl (C=O) groups excluding carboxylic acids is 1. The number of nitrogens with one attached hydrogen (secondary N) is 1. The average molecular weight is 462 g/mol. The highest BCUT2D eigenvalue weighted by Crippen LogP contribution is 2.29. The maximum atomic E-state index is 12.5. The Morgan fingerprint density at radius 2 is 1.97 bits per heavy atom. The summed E-state index contributed by atoms with van der Waals surface area (Å²) in [4.78, 5) is 17.2. The van der Waals surface area contributed by atoms with E-state index in [1.807, 2.05) is 12.1 Å². The van der Waals surface area contributed by atoms with E-state index in [9.17, 15) is 9.90 Å². The van der Waals surface area contributed by atoms with Crippen molar-refractivity contribution in [3.8, 4) is 5.75 Å².